The molecule has 2 aliphatic rings. The maximum absolute atomic E-state index is 14.7. The van der Waals surface area contributed by atoms with Crippen LogP contribution in [0.4, 0.5) is 41.2 Å². The van der Waals surface area contributed by atoms with E-state index in [0.29, 0.717) is 38.9 Å². The number of ether oxygens (including phenoxy) is 1. The van der Waals surface area contributed by atoms with Gasteiger partial charge in [0, 0.05) is 50.5 Å². The van der Waals surface area contributed by atoms with E-state index in [9.17, 15) is 40.6 Å². The van der Waals surface area contributed by atoms with Gasteiger partial charge in [-0.25, -0.2) is 9.18 Å². The van der Waals surface area contributed by atoms with Crippen molar-refractivity contribution in [2.24, 2.45) is 5.92 Å². The van der Waals surface area contributed by atoms with Gasteiger partial charge in [-0.3, -0.25) is 9.80 Å². The molecule has 13 heteroatoms. The van der Waals surface area contributed by atoms with Gasteiger partial charge in [0.05, 0.1) is 18.8 Å². The average Bonchev–Trinajstić information content (AvgIpc) is 2.67. The van der Waals surface area contributed by atoms with Crippen LogP contribution in [0.3, 0.4) is 0 Å². The zero-order valence-corrected chi connectivity index (χ0v) is 17.7. The van der Waals surface area contributed by atoms with Crippen LogP contribution in [-0.2, 0) is 11.3 Å². The predicted octanol–water partition coefficient (Wildman–Crippen LogP) is 3.96. The molecule has 0 radical (unpaired) electrons. The van der Waals surface area contributed by atoms with E-state index >= 15 is 0 Å². The summed E-state index contributed by atoms with van der Waals surface area (Å²) < 4.78 is 101. The van der Waals surface area contributed by atoms with Crippen LogP contribution in [0.5, 0.6) is 0 Å². The summed E-state index contributed by atoms with van der Waals surface area (Å²) in [6.45, 7) is 0.863. The Morgan fingerprint density at radius 1 is 1.09 bits per heavy atom. The molecule has 3 rings (SSSR count). The number of carboxylic acid groups (broad SMARTS) is 1. The number of nitrogens with zero attached hydrogens (tertiary/aromatic N) is 3. The van der Waals surface area contributed by atoms with E-state index in [1.807, 2.05) is 4.90 Å². The lowest BCUT2D eigenvalue weighted by Gasteiger charge is -2.51. The maximum Gasteiger partial charge on any atom is 0.407 e. The van der Waals surface area contributed by atoms with Gasteiger partial charge in [-0.05, 0) is 19.1 Å². The van der Waals surface area contributed by atoms with E-state index in [4.69, 9.17) is 4.74 Å². The molecule has 2 fully saturated rings. The van der Waals surface area contributed by atoms with Crippen LogP contribution in [-0.4, -0.2) is 84.8 Å². The van der Waals surface area contributed by atoms with Gasteiger partial charge in [-0.2, -0.15) is 26.3 Å². The Bertz CT molecular complexity index is 844. The standard InChI is InChI=1S/C20H24F7N3O3/c1-18(16(19(22,23)24)20(25,26)27)12-28(4-5-30(18)17(31)32)11-13-2-3-14(10-15(13)21)29-6-8-33-9-7-29/h2-3,10,16H,4-9,11-12H2,1H3,(H,31,32)/t18-/m0/s1. The highest BCUT2D eigenvalue weighted by Gasteiger charge is 2.68. The van der Waals surface area contributed by atoms with Crippen molar-refractivity contribution < 1.29 is 45.4 Å². The van der Waals surface area contributed by atoms with Gasteiger partial charge in [-0.15, -0.1) is 0 Å². The number of morpholine rings is 1. The third kappa shape index (κ3) is 5.45. The fourth-order valence-electron chi connectivity index (χ4n) is 4.62. The summed E-state index contributed by atoms with van der Waals surface area (Å²) in [6, 6.07) is 4.33. The maximum atomic E-state index is 14.7. The topological polar surface area (TPSA) is 56.2 Å². The molecule has 1 aromatic carbocycles. The minimum absolute atomic E-state index is 0.0914. The van der Waals surface area contributed by atoms with Gasteiger partial charge in [0.1, 0.15) is 5.82 Å². The number of amides is 1. The summed E-state index contributed by atoms with van der Waals surface area (Å²) in [6.07, 6.45) is -13.3. The van der Waals surface area contributed by atoms with Gasteiger partial charge in [0.15, 0.2) is 5.92 Å². The van der Waals surface area contributed by atoms with Crippen molar-refractivity contribution in [2.45, 2.75) is 31.4 Å². The molecular weight excluding hydrogens is 463 g/mol. The minimum atomic E-state index is -5.73. The Morgan fingerprint density at radius 3 is 2.21 bits per heavy atom. The van der Waals surface area contributed by atoms with Gasteiger partial charge in [0.25, 0.3) is 0 Å². The second-order valence-electron chi connectivity index (χ2n) is 8.39. The first-order valence-corrected chi connectivity index (χ1v) is 10.2. The van der Waals surface area contributed by atoms with Crippen LogP contribution < -0.4 is 4.90 Å². The van der Waals surface area contributed by atoms with Crippen molar-refractivity contribution in [1.82, 2.24) is 9.80 Å². The molecule has 0 bridgehead atoms. The van der Waals surface area contributed by atoms with Crippen LogP contribution in [0.25, 0.3) is 0 Å². The summed E-state index contributed by atoms with van der Waals surface area (Å²) >= 11 is 0. The van der Waals surface area contributed by atoms with E-state index in [1.54, 1.807) is 6.07 Å². The Morgan fingerprint density at radius 2 is 1.70 bits per heavy atom. The van der Waals surface area contributed by atoms with Crippen molar-refractivity contribution in [3.8, 4) is 0 Å². The Balaban J connectivity index is 1.85. The molecule has 1 aromatic rings. The highest BCUT2D eigenvalue weighted by Crippen LogP contribution is 2.49. The van der Waals surface area contributed by atoms with Gasteiger partial charge < -0.3 is 14.7 Å². The molecule has 6 nitrogen and oxygen atoms in total. The Kier molecular flexibility index (Phi) is 7.04. The summed E-state index contributed by atoms with van der Waals surface area (Å²) in [5.74, 6) is -4.55. The molecular formula is C20H24F7N3O3. The third-order valence-corrected chi connectivity index (χ3v) is 6.11. The molecule has 2 aliphatic heterocycles. The molecule has 33 heavy (non-hydrogen) atoms. The molecule has 1 N–H and O–H groups in total. The van der Waals surface area contributed by atoms with Gasteiger partial charge in [-0.1, -0.05) is 6.07 Å². The number of piperazine rings is 1. The second-order valence-corrected chi connectivity index (χ2v) is 8.39. The predicted molar refractivity (Wildman–Crippen MR) is 103 cm³/mol. The highest BCUT2D eigenvalue weighted by molar-refractivity contribution is 5.66. The number of benzene rings is 1. The number of anilines is 1. The van der Waals surface area contributed by atoms with E-state index in [0.717, 1.165) is 0 Å². The number of hydrogen-bond donors (Lipinski definition) is 1. The van der Waals surface area contributed by atoms with E-state index in [-0.39, 0.29) is 23.6 Å². The Hall–Kier alpha value is -2.28. The number of hydrogen-bond acceptors (Lipinski definition) is 4. The zero-order valence-electron chi connectivity index (χ0n) is 17.7. The number of carbonyl (C=O) groups is 1. The zero-order chi connectivity index (χ0) is 24.6. The van der Waals surface area contributed by atoms with Crippen LogP contribution in [0.2, 0.25) is 0 Å². The molecule has 2 saturated heterocycles. The largest absolute Gasteiger partial charge is 0.465 e. The summed E-state index contributed by atoms with van der Waals surface area (Å²) in [5, 5.41) is 9.33. The molecule has 0 aromatic heterocycles. The number of alkyl halides is 6. The van der Waals surface area contributed by atoms with E-state index in [2.05, 4.69) is 0 Å². The van der Waals surface area contributed by atoms with Gasteiger partial charge in [0.2, 0.25) is 0 Å². The smallest absolute Gasteiger partial charge is 0.407 e. The lowest BCUT2D eigenvalue weighted by molar-refractivity contribution is -0.316. The lowest BCUT2D eigenvalue weighted by Crippen LogP contribution is -2.70. The van der Waals surface area contributed by atoms with Crippen LogP contribution in [0.15, 0.2) is 18.2 Å². The lowest BCUT2D eigenvalue weighted by atomic mass is 9.80. The molecule has 0 saturated carbocycles. The van der Waals surface area contributed by atoms with Crippen LogP contribution in [0.1, 0.15) is 12.5 Å². The minimum Gasteiger partial charge on any atom is -0.465 e. The molecule has 0 unspecified atom stereocenters. The van der Waals surface area contributed by atoms with Crippen LogP contribution in [0, 0.1) is 11.7 Å². The van der Waals surface area contributed by atoms with Crippen molar-refractivity contribution in [3.05, 3.63) is 29.6 Å². The molecule has 186 valence electrons. The average molecular weight is 487 g/mol. The van der Waals surface area contributed by atoms with Gasteiger partial charge >= 0.3 is 18.4 Å². The fraction of sp³-hybridized carbons (Fsp3) is 0.650. The third-order valence-electron chi connectivity index (χ3n) is 6.11. The van der Waals surface area contributed by atoms with Crippen molar-refractivity contribution in [2.75, 3.05) is 50.8 Å². The molecule has 2 heterocycles. The highest BCUT2D eigenvalue weighted by atomic mass is 19.4. The molecule has 0 aliphatic carbocycles. The normalized spacial score (nSPS) is 23.3. The van der Waals surface area contributed by atoms with E-state index in [1.165, 1.54) is 17.0 Å². The first-order chi connectivity index (χ1) is 15.2. The van der Waals surface area contributed by atoms with Crippen molar-refractivity contribution >= 4 is 11.8 Å². The van der Waals surface area contributed by atoms with E-state index < -0.39 is 48.8 Å². The number of rotatable bonds is 4. The first kappa shape index (κ1) is 25.3. The molecule has 1 atom stereocenters. The summed E-state index contributed by atoms with van der Waals surface area (Å²) in [5.41, 5.74) is -2.16. The first-order valence-electron chi connectivity index (χ1n) is 10.2. The molecule has 0 spiro atoms. The SMILES string of the molecule is C[C@@]1(C(C(F)(F)F)C(F)(F)F)CN(Cc2ccc(N3CCOCC3)cc2F)CCN1C(=O)O. The van der Waals surface area contributed by atoms with Crippen molar-refractivity contribution in [1.29, 1.82) is 0 Å². The van der Waals surface area contributed by atoms with Crippen LogP contribution >= 0.6 is 0 Å². The fourth-order valence-corrected chi connectivity index (χ4v) is 4.62. The second kappa shape index (κ2) is 9.16. The molecule has 1 amide bonds. The van der Waals surface area contributed by atoms with Crippen molar-refractivity contribution in [3.63, 3.8) is 0 Å². The Labute approximate surface area is 185 Å². The number of halogens is 7. The summed E-state index contributed by atoms with van der Waals surface area (Å²) in [4.78, 5) is 14.8. The summed E-state index contributed by atoms with van der Waals surface area (Å²) in [7, 11) is 0. The quantitative estimate of drug-likeness (QED) is 0.652. The monoisotopic (exact) mass is 487 g/mol.